The second kappa shape index (κ2) is 23.1. The Hall–Kier alpha value is -0.650. The summed E-state index contributed by atoms with van der Waals surface area (Å²) in [5.74, 6) is -0.214. The van der Waals surface area contributed by atoms with Gasteiger partial charge in [-0.05, 0) is 65.3 Å². The van der Waals surface area contributed by atoms with Crippen molar-refractivity contribution in [3.63, 3.8) is 0 Å². The van der Waals surface area contributed by atoms with E-state index in [0.29, 0.717) is 13.2 Å². The van der Waals surface area contributed by atoms with Crippen LogP contribution in [0.5, 0.6) is 0 Å². The third-order valence-electron chi connectivity index (χ3n) is 6.27. The lowest BCUT2D eigenvalue weighted by Crippen LogP contribution is -2.39. The van der Waals surface area contributed by atoms with E-state index in [1.165, 1.54) is 64.2 Å². The third-order valence-corrected chi connectivity index (χ3v) is 6.27. The van der Waals surface area contributed by atoms with Crippen molar-refractivity contribution in [2.75, 3.05) is 26.3 Å². The number of unbranched alkanes of at least 4 members (excludes halogenated alkanes) is 12. The fraction of sp³-hybridized carbons (Fsp3) is 0.964. The van der Waals surface area contributed by atoms with Gasteiger partial charge in [-0.15, -0.1) is 0 Å². The molecule has 33 heavy (non-hydrogen) atoms. The summed E-state index contributed by atoms with van der Waals surface area (Å²) < 4.78 is 11.9. The molecule has 0 aliphatic heterocycles. The van der Waals surface area contributed by atoms with E-state index in [1.54, 1.807) is 0 Å². The Bertz CT molecular complexity index is 412. The molecule has 0 aliphatic carbocycles. The first-order valence-corrected chi connectivity index (χ1v) is 14.1. The maximum Gasteiger partial charge on any atom is 0.338 e. The number of carbonyl (C=O) groups excluding carboxylic acids is 1. The fourth-order valence-electron chi connectivity index (χ4n) is 3.98. The van der Waals surface area contributed by atoms with Crippen molar-refractivity contribution in [2.45, 2.75) is 149 Å². The average Bonchev–Trinajstić information content (AvgIpc) is 2.79. The minimum Gasteiger partial charge on any atom is -0.460 e. The molecule has 0 radical (unpaired) electrons. The summed E-state index contributed by atoms with van der Waals surface area (Å²) in [4.78, 5) is 12.9. The van der Waals surface area contributed by atoms with Crippen LogP contribution in [-0.2, 0) is 14.3 Å². The normalized spacial score (nSPS) is 11.9. The van der Waals surface area contributed by atoms with Gasteiger partial charge in [0.1, 0.15) is 6.10 Å². The van der Waals surface area contributed by atoms with Crippen LogP contribution in [0.4, 0.5) is 0 Å². The van der Waals surface area contributed by atoms with Crippen LogP contribution in [0.1, 0.15) is 137 Å². The highest BCUT2D eigenvalue weighted by Crippen LogP contribution is 2.21. The molecular formula is C28H57NO4. The van der Waals surface area contributed by atoms with Gasteiger partial charge in [-0.25, -0.2) is 4.79 Å². The molecular weight excluding hydrogens is 414 g/mol. The van der Waals surface area contributed by atoms with Crippen molar-refractivity contribution >= 4 is 5.97 Å². The van der Waals surface area contributed by atoms with Gasteiger partial charge in [-0.1, -0.05) is 78.1 Å². The lowest BCUT2D eigenvalue weighted by Gasteiger charge is -2.27. The molecule has 0 bridgehead atoms. The lowest BCUT2D eigenvalue weighted by molar-refractivity contribution is -0.174. The minimum absolute atomic E-state index is 0.0234. The summed E-state index contributed by atoms with van der Waals surface area (Å²) in [6.07, 6.45) is 20.1. The smallest absolute Gasteiger partial charge is 0.338 e. The Morgan fingerprint density at radius 3 is 1.82 bits per heavy atom. The van der Waals surface area contributed by atoms with Crippen molar-refractivity contribution in [3.05, 3.63) is 0 Å². The largest absolute Gasteiger partial charge is 0.460 e. The van der Waals surface area contributed by atoms with Gasteiger partial charge in [0.25, 0.3) is 0 Å². The van der Waals surface area contributed by atoms with E-state index in [1.807, 2.05) is 13.8 Å². The Labute approximate surface area is 205 Å². The molecule has 0 amide bonds. The van der Waals surface area contributed by atoms with Crippen molar-refractivity contribution in [1.82, 2.24) is 5.32 Å². The zero-order valence-corrected chi connectivity index (χ0v) is 22.6. The Morgan fingerprint density at radius 1 is 0.758 bits per heavy atom. The quantitative estimate of drug-likeness (QED) is 0.111. The molecule has 0 saturated heterocycles. The average molecular weight is 472 g/mol. The van der Waals surface area contributed by atoms with Crippen LogP contribution in [0.3, 0.4) is 0 Å². The first-order valence-electron chi connectivity index (χ1n) is 14.1. The van der Waals surface area contributed by atoms with Gasteiger partial charge in [0.05, 0.1) is 6.61 Å². The maximum atomic E-state index is 12.9. The van der Waals surface area contributed by atoms with Gasteiger partial charge in [0, 0.05) is 13.2 Å². The topological polar surface area (TPSA) is 67.8 Å². The van der Waals surface area contributed by atoms with E-state index in [-0.39, 0.29) is 18.7 Å². The highest BCUT2D eigenvalue weighted by Gasteiger charge is 2.32. The SMILES string of the molecule is CCCCCCCCC(CCCCCCCC)OC(=O)C(C)(C)OCCCCCNCCO. The second-order valence-electron chi connectivity index (χ2n) is 10.0. The van der Waals surface area contributed by atoms with Gasteiger partial charge in [0.2, 0.25) is 0 Å². The first kappa shape index (κ1) is 32.4. The molecule has 0 aromatic rings. The summed E-state index contributed by atoms with van der Waals surface area (Å²) in [5.41, 5.74) is -0.893. The summed E-state index contributed by atoms with van der Waals surface area (Å²) >= 11 is 0. The number of esters is 1. The number of nitrogens with one attached hydrogen (secondary N) is 1. The van der Waals surface area contributed by atoms with Crippen LogP contribution in [-0.4, -0.2) is 49.1 Å². The van der Waals surface area contributed by atoms with E-state index >= 15 is 0 Å². The van der Waals surface area contributed by atoms with Gasteiger partial charge in [0.15, 0.2) is 5.60 Å². The van der Waals surface area contributed by atoms with Gasteiger partial charge in [-0.2, -0.15) is 0 Å². The Kier molecular flexibility index (Phi) is 22.7. The lowest BCUT2D eigenvalue weighted by atomic mass is 10.0. The van der Waals surface area contributed by atoms with Crippen LogP contribution >= 0.6 is 0 Å². The predicted octanol–water partition coefficient (Wildman–Crippen LogP) is 6.95. The molecule has 0 fully saturated rings. The fourth-order valence-corrected chi connectivity index (χ4v) is 3.98. The maximum absolute atomic E-state index is 12.9. The highest BCUT2D eigenvalue weighted by molar-refractivity contribution is 5.78. The summed E-state index contributed by atoms with van der Waals surface area (Å²) in [6, 6.07) is 0. The number of aliphatic hydroxyl groups excluding tert-OH is 1. The van der Waals surface area contributed by atoms with E-state index in [9.17, 15) is 4.79 Å². The standard InChI is InChI=1S/C28H57NO4/c1-5-7-9-11-13-16-20-26(21-17-14-12-10-8-6-2)33-27(31)28(3,4)32-25-19-15-18-22-29-23-24-30/h26,29-30H,5-25H2,1-4H3. The van der Waals surface area contributed by atoms with E-state index < -0.39 is 5.60 Å². The van der Waals surface area contributed by atoms with Crippen LogP contribution in [0.2, 0.25) is 0 Å². The summed E-state index contributed by atoms with van der Waals surface area (Å²) in [6.45, 7) is 10.5. The predicted molar refractivity (Wildman–Crippen MR) is 140 cm³/mol. The van der Waals surface area contributed by atoms with E-state index in [4.69, 9.17) is 14.6 Å². The number of hydrogen-bond donors (Lipinski definition) is 2. The van der Waals surface area contributed by atoms with Crippen LogP contribution in [0.15, 0.2) is 0 Å². The Morgan fingerprint density at radius 2 is 1.27 bits per heavy atom. The molecule has 0 atom stereocenters. The number of ether oxygens (including phenoxy) is 2. The second-order valence-corrected chi connectivity index (χ2v) is 10.0. The van der Waals surface area contributed by atoms with Crippen LogP contribution in [0, 0.1) is 0 Å². The molecule has 0 saturated carbocycles. The zero-order valence-electron chi connectivity index (χ0n) is 22.6. The molecule has 0 spiro atoms. The molecule has 0 rings (SSSR count). The van der Waals surface area contributed by atoms with Crippen LogP contribution in [0.25, 0.3) is 0 Å². The number of aliphatic hydroxyl groups is 1. The number of rotatable bonds is 25. The molecule has 0 aromatic carbocycles. The van der Waals surface area contributed by atoms with Gasteiger partial charge < -0.3 is 19.9 Å². The van der Waals surface area contributed by atoms with Crippen LogP contribution < -0.4 is 5.32 Å². The number of hydrogen-bond acceptors (Lipinski definition) is 5. The van der Waals surface area contributed by atoms with Crippen molar-refractivity contribution in [2.24, 2.45) is 0 Å². The molecule has 0 aliphatic rings. The highest BCUT2D eigenvalue weighted by atomic mass is 16.6. The van der Waals surface area contributed by atoms with E-state index in [2.05, 4.69) is 19.2 Å². The van der Waals surface area contributed by atoms with Gasteiger partial charge >= 0.3 is 5.97 Å². The van der Waals surface area contributed by atoms with E-state index in [0.717, 1.165) is 51.5 Å². The summed E-state index contributed by atoms with van der Waals surface area (Å²) in [5, 5.41) is 11.9. The van der Waals surface area contributed by atoms with Crippen molar-refractivity contribution < 1.29 is 19.4 Å². The molecule has 2 N–H and O–H groups in total. The van der Waals surface area contributed by atoms with Gasteiger partial charge in [-0.3, -0.25) is 0 Å². The minimum atomic E-state index is -0.893. The summed E-state index contributed by atoms with van der Waals surface area (Å²) in [7, 11) is 0. The number of carbonyl (C=O) groups is 1. The molecule has 0 unspecified atom stereocenters. The monoisotopic (exact) mass is 471 g/mol. The first-order chi connectivity index (χ1) is 16.0. The molecule has 0 aromatic heterocycles. The molecule has 5 heteroatoms. The zero-order chi connectivity index (χ0) is 24.6. The van der Waals surface area contributed by atoms with Crippen molar-refractivity contribution in [3.8, 4) is 0 Å². The third kappa shape index (κ3) is 20.4. The van der Waals surface area contributed by atoms with Crippen molar-refractivity contribution in [1.29, 1.82) is 0 Å². The Balaban J connectivity index is 4.32. The molecule has 0 heterocycles. The molecule has 5 nitrogen and oxygen atoms in total. The molecule has 198 valence electrons.